The smallest absolute Gasteiger partial charge is 0.407 e. The topological polar surface area (TPSA) is 306 Å². The van der Waals surface area contributed by atoms with Gasteiger partial charge in [-0.3, -0.25) is 19.2 Å². The first-order valence-electron chi connectivity index (χ1n) is 23.2. The van der Waals surface area contributed by atoms with E-state index in [9.17, 15) is 35.0 Å². The fourth-order valence-electron chi connectivity index (χ4n) is 8.68. The van der Waals surface area contributed by atoms with Crippen LogP contribution in [0.1, 0.15) is 44.4 Å². The molecule has 0 saturated carbocycles. The highest BCUT2D eigenvalue weighted by molar-refractivity contribution is 8.00. The number of ether oxygens (including phenoxy) is 12. The number of rotatable bonds is 21. The van der Waals surface area contributed by atoms with E-state index in [1.807, 2.05) is 36.4 Å². The molecule has 4 aliphatic heterocycles. The van der Waals surface area contributed by atoms with Gasteiger partial charge in [0.2, 0.25) is 0 Å². The van der Waals surface area contributed by atoms with E-state index in [0.29, 0.717) is 11.1 Å². The molecular weight excluding hydrogens is 979 g/mol. The monoisotopic (exact) mass is 1030 g/mol. The van der Waals surface area contributed by atoms with E-state index in [1.165, 1.54) is 6.92 Å². The lowest BCUT2D eigenvalue weighted by molar-refractivity contribution is -0.293. The van der Waals surface area contributed by atoms with Crippen LogP contribution in [0.3, 0.4) is 0 Å². The van der Waals surface area contributed by atoms with Gasteiger partial charge in [0.25, 0.3) is 0 Å². The number of hydrogen-bond donors (Lipinski definition) is 1. The zero-order chi connectivity index (χ0) is 51.9. The maximum absolute atomic E-state index is 13.8. The zero-order valence-corrected chi connectivity index (χ0v) is 40.9. The molecule has 0 unspecified atom stereocenters. The molecule has 3 aromatic carbocycles. The molecule has 4 heterocycles. The van der Waals surface area contributed by atoms with Gasteiger partial charge in [0, 0.05) is 37.5 Å². The molecule has 25 heteroatoms. The van der Waals surface area contributed by atoms with E-state index < -0.39 is 133 Å². The summed E-state index contributed by atoms with van der Waals surface area (Å²) >= 11 is 0.932. The van der Waals surface area contributed by atoms with Crippen LogP contribution in [0.4, 0.5) is 4.79 Å². The lowest BCUT2D eigenvalue weighted by Crippen LogP contribution is -2.67. The first-order chi connectivity index (χ1) is 35.3. The summed E-state index contributed by atoms with van der Waals surface area (Å²) in [7, 11) is 0. The number of esters is 4. The average molecular weight is 1030 g/mol. The van der Waals surface area contributed by atoms with Crippen molar-refractivity contribution in [2.75, 3.05) is 19.8 Å². The molecule has 390 valence electrons. The largest absolute Gasteiger partial charge is 0.463 e. The quantitative estimate of drug-likeness (QED) is 0.0453. The molecule has 2 bridgehead atoms. The Labute approximate surface area is 423 Å². The highest BCUT2D eigenvalue weighted by Crippen LogP contribution is 2.43. The van der Waals surface area contributed by atoms with Crippen LogP contribution in [-0.2, 0) is 95.8 Å². The van der Waals surface area contributed by atoms with Gasteiger partial charge in [-0.2, -0.15) is 0 Å². The van der Waals surface area contributed by atoms with Crippen LogP contribution in [0.2, 0.25) is 0 Å². The Hall–Kier alpha value is -6.50. The second-order valence-corrected chi connectivity index (χ2v) is 18.3. The Balaban J connectivity index is 1.29. The van der Waals surface area contributed by atoms with Gasteiger partial charge in [0.1, 0.15) is 73.9 Å². The number of benzene rings is 3. The maximum Gasteiger partial charge on any atom is 0.407 e. The predicted molar refractivity (Wildman–Crippen MR) is 252 cm³/mol. The third-order valence-electron chi connectivity index (χ3n) is 11.8. The van der Waals surface area contributed by atoms with Gasteiger partial charge in [0.05, 0.1) is 31.2 Å². The molecule has 0 aliphatic carbocycles. The molecule has 4 saturated heterocycles. The minimum atomic E-state index is -1.53. The highest BCUT2D eigenvalue weighted by atomic mass is 32.2. The van der Waals surface area contributed by atoms with E-state index in [-0.39, 0.29) is 26.4 Å². The van der Waals surface area contributed by atoms with Crippen molar-refractivity contribution in [1.29, 1.82) is 0 Å². The summed E-state index contributed by atoms with van der Waals surface area (Å²) in [5.74, 6) is -3.08. The number of alkyl carbamates (subject to hydrolysis) is 1. The molecule has 0 spiro atoms. The second kappa shape index (κ2) is 26.5. The number of nitrogens with zero attached hydrogens (tertiary/aromatic N) is 6. The molecule has 1 N–H and O–H groups in total. The Kier molecular flexibility index (Phi) is 19.7. The van der Waals surface area contributed by atoms with Crippen LogP contribution < -0.4 is 5.32 Å². The zero-order valence-electron chi connectivity index (χ0n) is 40.1. The molecule has 15 atom stereocenters. The Morgan fingerprint density at radius 3 is 1.71 bits per heavy atom. The van der Waals surface area contributed by atoms with E-state index in [1.54, 1.807) is 54.6 Å². The van der Waals surface area contributed by atoms with Crippen LogP contribution in [-0.4, -0.2) is 140 Å². The number of amides is 1. The third kappa shape index (κ3) is 14.8. The average Bonchev–Trinajstić information content (AvgIpc) is 3.81. The fraction of sp³-hybridized carbons (Fsp3) is 0.521. The summed E-state index contributed by atoms with van der Waals surface area (Å²) in [4.78, 5) is 70.6. The minimum Gasteiger partial charge on any atom is -0.463 e. The van der Waals surface area contributed by atoms with Crippen LogP contribution in [0.15, 0.2) is 101 Å². The van der Waals surface area contributed by atoms with Gasteiger partial charge in [-0.15, -0.1) is 11.8 Å². The lowest BCUT2D eigenvalue weighted by atomic mass is 9.96. The first kappa shape index (κ1) is 54.3. The van der Waals surface area contributed by atoms with Crippen LogP contribution in [0.25, 0.3) is 20.9 Å². The summed E-state index contributed by atoms with van der Waals surface area (Å²) in [5, 5.41) is 9.79. The number of carbonyl (C=O) groups excluding carboxylic acids is 5. The Morgan fingerprint density at radius 2 is 1.15 bits per heavy atom. The molecule has 3 aromatic rings. The van der Waals surface area contributed by atoms with Crippen LogP contribution in [0, 0.1) is 0 Å². The van der Waals surface area contributed by atoms with E-state index in [2.05, 4.69) is 25.4 Å². The molecule has 0 radical (unpaired) electrons. The van der Waals surface area contributed by atoms with E-state index in [0.717, 1.165) is 38.1 Å². The molecule has 7 rings (SSSR count). The molecule has 73 heavy (non-hydrogen) atoms. The molecule has 4 aliphatic rings. The summed E-state index contributed by atoms with van der Waals surface area (Å²) in [6.45, 7) is 3.38. The summed E-state index contributed by atoms with van der Waals surface area (Å²) in [6, 6.07) is 23.2. The van der Waals surface area contributed by atoms with Crippen molar-refractivity contribution in [1.82, 2.24) is 5.32 Å². The lowest BCUT2D eigenvalue weighted by Gasteiger charge is -2.50. The molecule has 0 aromatic heterocycles. The SMILES string of the molecule is CC(=O)OC[C@H]1O[C@@H](S[C@H]2[C@H](OCc3ccccc3)[C@@H](N=[N+]=[N-])[C@H](O[C@H]3[C@H](OCc4ccccc4)[C@@H](N=[N+]=[N-])[C@@H]4OC[C@H]3O4)O[C@@H]2COC(C)=O)[C@H](NC(=O)OCc2ccccc2)[C@@H](OC(C)=O)[C@@H]1OC(C)=O. The number of thioether (sulfide) groups is 1. The molecular formula is C48H55N7O17S. The number of fused-ring (bicyclic) bond motifs is 2. The van der Waals surface area contributed by atoms with Crippen molar-refractivity contribution < 1.29 is 80.8 Å². The second-order valence-electron chi connectivity index (χ2n) is 17.1. The van der Waals surface area contributed by atoms with Gasteiger partial charge in [-0.05, 0) is 27.8 Å². The maximum atomic E-state index is 13.8. The van der Waals surface area contributed by atoms with Gasteiger partial charge in [-0.1, -0.05) is 101 Å². The summed E-state index contributed by atoms with van der Waals surface area (Å²) in [6.07, 6.45) is -13.3. The van der Waals surface area contributed by atoms with Gasteiger partial charge in [-0.25, -0.2) is 4.79 Å². The number of nitrogens with one attached hydrogen (secondary N) is 1. The fourth-order valence-corrected chi connectivity index (χ4v) is 10.3. The van der Waals surface area contributed by atoms with Crippen molar-refractivity contribution in [3.8, 4) is 0 Å². The van der Waals surface area contributed by atoms with Gasteiger partial charge in [0.15, 0.2) is 24.8 Å². The molecule has 24 nitrogen and oxygen atoms in total. The molecule has 1 amide bonds. The van der Waals surface area contributed by atoms with Crippen molar-refractivity contribution in [3.05, 3.63) is 129 Å². The number of hydrogen-bond acceptors (Lipinski definition) is 20. The number of azide groups is 2. The first-order valence-corrected chi connectivity index (χ1v) is 24.1. The van der Waals surface area contributed by atoms with Crippen LogP contribution in [0.5, 0.6) is 0 Å². The number of carbonyl (C=O) groups is 5. The minimum absolute atomic E-state index is 0.00624. The van der Waals surface area contributed by atoms with Crippen molar-refractivity contribution in [2.24, 2.45) is 10.2 Å². The van der Waals surface area contributed by atoms with Gasteiger partial charge >= 0.3 is 30.0 Å². The third-order valence-corrected chi connectivity index (χ3v) is 13.4. The Bertz CT molecular complexity index is 2440. The molecule has 4 fully saturated rings. The van der Waals surface area contributed by atoms with E-state index >= 15 is 0 Å². The predicted octanol–water partition coefficient (Wildman–Crippen LogP) is 5.49. The normalized spacial score (nSPS) is 30.3. The Morgan fingerprint density at radius 1 is 0.616 bits per heavy atom. The highest BCUT2D eigenvalue weighted by Gasteiger charge is 2.58. The van der Waals surface area contributed by atoms with Crippen LogP contribution >= 0.6 is 11.8 Å². The van der Waals surface area contributed by atoms with E-state index in [4.69, 9.17) is 56.8 Å². The standard InChI is InChI=1S/C48H55N7O17S/c1-26(56)61-23-34-40(67-28(3)58)42(68-29(4)59)38(51-48(60)66-22-32-18-12-7-13-19-32)47(71-34)73-44-35(25-62-27(2)57)70-46(37(53-55-50)43(44)64-21-31-16-10-6-11-17-31)72-39-33-24-65-45(69-33)36(52-54-49)41(39)63-20-30-14-8-5-9-15-30/h5-19,33-47H,20-25H2,1-4H3,(H,51,60)/t33-,34-,35-,36-,37-,38-,39-,40-,41-,42-,43-,44-,45-,46+,47+/m1/s1. The van der Waals surface area contributed by atoms with Crippen molar-refractivity contribution in [2.45, 2.75) is 138 Å². The summed E-state index contributed by atoms with van der Waals surface area (Å²) < 4.78 is 73.5. The van der Waals surface area contributed by atoms with Crippen molar-refractivity contribution in [3.63, 3.8) is 0 Å². The van der Waals surface area contributed by atoms with Crippen molar-refractivity contribution >= 4 is 41.7 Å². The van der Waals surface area contributed by atoms with Gasteiger partial charge < -0.3 is 62.2 Å². The summed E-state index contributed by atoms with van der Waals surface area (Å²) in [5.41, 5.74) is 20.7.